The lowest BCUT2D eigenvalue weighted by atomic mass is 10.0. The van der Waals surface area contributed by atoms with Gasteiger partial charge in [0.15, 0.2) is 0 Å². The summed E-state index contributed by atoms with van der Waals surface area (Å²) < 4.78 is 9.46. The standard InChI is InChI=1S/C21H22N6O3S/c1-11-20(31-26-23-11)19-17-5-3-4-13-8-14(6-7-16(13)18(17)24-25-19)27-10-15(30-21(27)29)9-22-12(2)28/h6-8,15H,3-5,9-10H2,1-2H3,(H,22,28)(H,24,25). The van der Waals surface area contributed by atoms with Crippen molar-refractivity contribution in [1.29, 1.82) is 0 Å². The molecule has 0 spiro atoms. The first kappa shape index (κ1) is 19.7. The molecule has 9 nitrogen and oxygen atoms in total. The number of rotatable bonds is 4. The Hall–Kier alpha value is -3.27. The Morgan fingerprint density at radius 3 is 3.03 bits per heavy atom. The fourth-order valence-electron chi connectivity index (χ4n) is 4.22. The van der Waals surface area contributed by atoms with E-state index in [4.69, 9.17) is 4.74 Å². The molecule has 0 bridgehead atoms. The molecule has 3 aromatic rings. The summed E-state index contributed by atoms with van der Waals surface area (Å²) in [5.74, 6) is -0.141. The number of hydrogen-bond donors (Lipinski definition) is 2. The average molecular weight is 439 g/mol. The number of anilines is 1. The van der Waals surface area contributed by atoms with E-state index in [9.17, 15) is 9.59 Å². The van der Waals surface area contributed by atoms with E-state index in [0.717, 1.165) is 58.0 Å². The van der Waals surface area contributed by atoms with E-state index in [1.165, 1.54) is 24.0 Å². The van der Waals surface area contributed by atoms with Crippen LogP contribution in [0.5, 0.6) is 0 Å². The van der Waals surface area contributed by atoms with Gasteiger partial charge in [0.05, 0.1) is 35.0 Å². The fourth-order valence-corrected chi connectivity index (χ4v) is 4.90. The van der Waals surface area contributed by atoms with Crippen LogP contribution >= 0.6 is 11.5 Å². The highest BCUT2D eigenvalue weighted by Gasteiger charge is 2.33. The third-order valence-corrected chi connectivity index (χ3v) is 6.57. The second kappa shape index (κ2) is 7.77. The maximum Gasteiger partial charge on any atom is 0.414 e. The summed E-state index contributed by atoms with van der Waals surface area (Å²) >= 11 is 1.38. The second-order valence-electron chi connectivity index (χ2n) is 7.86. The Balaban J connectivity index is 1.44. The molecule has 3 heterocycles. The lowest BCUT2D eigenvalue weighted by Crippen LogP contribution is -2.33. The number of aromatic amines is 1. The number of benzene rings is 1. The molecule has 5 rings (SSSR count). The van der Waals surface area contributed by atoms with Gasteiger partial charge in [-0.2, -0.15) is 5.10 Å². The largest absolute Gasteiger partial charge is 0.442 e. The van der Waals surface area contributed by atoms with Crippen LogP contribution in [0.1, 0.15) is 30.2 Å². The molecule has 2 aliphatic rings. The molecule has 1 aromatic carbocycles. The molecule has 31 heavy (non-hydrogen) atoms. The van der Waals surface area contributed by atoms with Crippen LogP contribution in [0.25, 0.3) is 21.8 Å². The Morgan fingerprint density at radius 2 is 2.26 bits per heavy atom. The normalized spacial score (nSPS) is 17.7. The van der Waals surface area contributed by atoms with Crippen molar-refractivity contribution in [3.05, 3.63) is 35.0 Å². The molecule has 2 aromatic heterocycles. The minimum atomic E-state index is -0.389. The first-order valence-electron chi connectivity index (χ1n) is 10.2. The third-order valence-electron chi connectivity index (χ3n) is 5.73. The molecule has 1 aliphatic carbocycles. The lowest BCUT2D eigenvalue weighted by molar-refractivity contribution is -0.119. The van der Waals surface area contributed by atoms with Crippen molar-refractivity contribution in [2.75, 3.05) is 18.0 Å². The summed E-state index contributed by atoms with van der Waals surface area (Å²) in [5.41, 5.74) is 7.09. The first-order valence-corrected chi connectivity index (χ1v) is 11.0. The van der Waals surface area contributed by atoms with Crippen LogP contribution in [0, 0.1) is 6.92 Å². The molecule has 160 valence electrons. The van der Waals surface area contributed by atoms with Crippen molar-refractivity contribution in [3.63, 3.8) is 0 Å². The summed E-state index contributed by atoms with van der Waals surface area (Å²) in [7, 11) is 0. The van der Waals surface area contributed by atoms with Gasteiger partial charge in [-0.3, -0.25) is 14.8 Å². The number of cyclic esters (lactones) is 1. The van der Waals surface area contributed by atoms with Crippen molar-refractivity contribution < 1.29 is 14.3 Å². The highest BCUT2D eigenvalue weighted by Crippen LogP contribution is 2.39. The number of H-pyrrole nitrogens is 1. The zero-order valence-electron chi connectivity index (χ0n) is 17.3. The second-order valence-corrected chi connectivity index (χ2v) is 8.62. The Bertz CT molecular complexity index is 1170. The topological polar surface area (TPSA) is 113 Å². The zero-order valence-corrected chi connectivity index (χ0v) is 18.1. The van der Waals surface area contributed by atoms with Gasteiger partial charge in [-0.1, -0.05) is 10.6 Å². The van der Waals surface area contributed by atoms with Crippen LogP contribution in [-0.4, -0.2) is 51.0 Å². The lowest BCUT2D eigenvalue weighted by Gasteiger charge is -2.16. The number of aryl methyl sites for hydroxylation is 2. The van der Waals surface area contributed by atoms with Gasteiger partial charge in [-0.15, -0.1) is 5.10 Å². The van der Waals surface area contributed by atoms with Crippen LogP contribution < -0.4 is 10.2 Å². The maximum atomic E-state index is 12.4. The number of ether oxygens (including phenoxy) is 1. The van der Waals surface area contributed by atoms with Crippen LogP contribution in [0.2, 0.25) is 0 Å². The molecule has 1 atom stereocenters. The summed E-state index contributed by atoms with van der Waals surface area (Å²) in [6.45, 7) is 4.13. The van der Waals surface area contributed by atoms with Crippen molar-refractivity contribution in [3.8, 4) is 21.8 Å². The van der Waals surface area contributed by atoms with E-state index in [0.29, 0.717) is 13.1 Å². The van der Waals surface area contributed by atoms with Crippen LogP contribution in [0.4, 0.5) is 10.5 Å². The number of aromatic nitrogens is 4. The van der Waals surface area contributed by atoms with Gasteiger partial charge in [0.2, 0.25) is 5.91 Å². The molecular weight excluding hydrogens is 416 g/mol. The van der Waals surface area contributed by atoms with Gasteiger partial charge in [-0.05, 0) is 55.4 Å². The van der Waals surface area contributed by atoms with Crippen molar-refractivity contribution in [2.24, 2.45) is 0 Å². The number of carbonyl (C=O) groups excluding carboxylic acids is 2. The summed E-state index contributed by atoms with van der Waals surface area (Å²) in [5, 5.41) is 14.7. The molecule has 2 N–H and O–H groups in total. The van der Waals surface area contributed by atoms with Gasteiger partial charge in [0.1, 0.15) is 6.10 Å². The molecule has 0 saturated carbocycles. The van der Waals surface area contributed by atoms with E-state index in [2.05, 4.69) is 31.2 Å². The minimum Gasteiger partial charge on any atom is -0.442 e. The summed E-state index contributed by atoms with van der Waals surface area (Å²) in [6.07, 6.45) is 2.05. The van der Waals surface area contributed by atoms with Gasteiger partial charge in [-0.25, -0.2) is 4.79 Å². The number of hydrogen-bond acceptors (Lipinski definition) is 7. The summed E-state index contributed by atoms with van der Waals surface area (Å²) in [4.78, 5) is 26.2. The highest BCUT2D eigenvalue weighted by molar-refractivity contribution is 7.09. The van der Waals surface area contributed by atoms with E-state index < -0.39 is 0 Å². The van der Waals surface area contributed by atoms with E-state index in [1.807, 2.05) is 19.1 Å². The van der Waals surface area contributed by atoms with Crippen LogP contribution in [0.3, 0.4) is 0 Å². The average Bonchev–Trinajstić information content (AvgIpc) is 3.42. The summed E-state index contributed by atoms with van der Waals surface area (Å²) in [6, 6.07) is 6.02. The highest BCUT2D eigenvalue weighted by atomic mass is 32.1. The first-order chi connectivity index (χ1) is 15.0. The van der Waals surface area contributed by atoms with Crippen molar-refractivity contribution in [1.82, 2.24) is 25.1 Å². The van der Waals surface area contributed by atoms with Crippen LogP contribution in [0.15, 0.2) is 18.2 Å². The number of carbonyl (C=O) groups is 2. The molecule has 1 saturated heterocycles. The van der Waals surface area contributed by atoms with Crippen LogP contribution in [-0.2, 0) is 22.4 Å². The quantitative estimate of drug-likeness (QED) is 0.648. The van der Waals surface area contributed by atoms with E-state index in [1.54, 1.807) is 4.90 Å². The van der Waals surface area contributed by atoms with Gasteiger partial charge in [0.25, 0.3) is 0 Å². The van der Waals surface area contributed by atoms with Crippen molar-refractivity contribution in [2.45, 2.75) is 39.2 Å². The predicted molar refractivity (Wildman–Crippen MR) is 116 cm³/mol. The third kappa shape index (κ3) is 3.56. The van der Waals surface area contributed by atoms with Gasteiger partial charge >= 0.3 is 6.09 Å². The number of nitrogens with one attached hydrogen (secondary N) is 2. The smallest absolute Gasteiger partial charge is 0.414 e. The number of amides is 2. The Morgan fingerprint density at radius 1 is 1.39 bits per heavy atom. The molecule has 10 heteroatoms. The molecule has 1 fully saturated rings. The van der Waals surface area contributed by atoms with Gasteiger partial charge in [0, 0.05) is 23.7 Å². The zero-order chi connectivity index (χ0) is 21.5. The predicted octanol–water partition coefficient (Wildman–Crippen LogP) is 2.85. The number of nitrogens with zero attached hydrogens (tertiary/aromatic N) is 4. The van der Waals surface area contributed by atoms with Gasteiger partial charge < -0.3 is 10.1 Å². The van der Waals surface area contributed by atoms with E-state index in [-0.39, 0.29) is 18.1 Å². The maximum absolute atomic E-state index is 12.4. The number of fused-ring (bicyclic) bond motifs is 3. The fraction of sp³-hybridized carbons (Fsp3) is 0.381. The Labute approximate surface area is 183 Å². The minimum absolute atomic E-state index is 0.141. The Kier molecular flexibility index (Phi) is 4.93. The SMILES string of the molecule is CC(=O)NCC1CN(c2ccc3c(c2)CCCc2c-3n[nH]c2-c2snnc2C)C(=O)O1. The van der Waals surface area contributed by atoms with Crippen molar-refractivity contribution >= 4 is 29.2 Å². The van der Waals surface area contributed by atoms with E-state index >= 15 is 0 Å². The molecule has 2 amide bonds. The molecule has 1 aliphatic heterocycles. The molecule has 1 unspecified atom stereocenters. The monoisotopic (exact) mass is 438 g/mol. The molecular formula is C21H22N6O3S. The molecule has 0 radical (unpaired) electrons.